The molecule has 2 aromatic rings. The normalized spacial score (nSPS) is 13.9. The highest BCUT2D eigenvalue weighted by molar-refractivity contribution is 7.88. The number of hydrazine groups is 1. The summed E-state index contributed by atoms with van der Waals surface area (Å²) in [6, 6.07) is 13.7. The van der Waals surface area contributed by atoms with Gasteiger partial charge in [-0.25, -0.2) is 18.1 Å². The molecule has 10 heteroatoms. The van der Waals surface area contributed by atoms with Gasteiger partial charge in [0.15, 0.2) is 0 Å². The second-order valence-electron chi connectivity index (χ2n) is 6.89. The Balaban J connectivity index is 1.63. The number of carbonyl (C=O) groups is 2. The SMILES string of the molecule is C=CCNS(=O)(=O)Cc1ccc(NC(=O)C2=NCC(=O)N(c3ccc(C)cc3)N2)cc1. The van der Waals surface area contributed by atoms with E-state index in [1.54, 1.807) is 36.4 Å². The summed E-state index contributed by atoms with van der Waals surface area (Å²) in [6.07, 6.45) is 1.46. The Labute approximate surface area is 180 Å². The van der Waals surface area contributed by atoms with E-state index in [1.807, 2.05) is 19.1 Å². The van der Waals surface area contributed by atoms with Crippen molar-refractivity contribution in [3.63, 3.8) is 0 Å². The van der Waals surface area contributed by atoms with Crippen LogP contribution < -0.4 is 20.5 Å². The Morgan fingerprint density at radius 1 is 1.19 bits per heavy atom. The largest absolute Gasteiger partial charge is 0.319 e. The lowest BCUT2D eigenvalue weighted by Gasteiger charge is -2.27. The molecule has 0 aromatic heterocycles. The van der Waals surface area contributed by atoms with Gasteiger partial charge in [-0.15, -0.1) is 6.58 Å². The molecule has 0 spiro atoms. The van der Waals surface area contributed by atoms with Crippen LogP contribution in [0.5, 0.6) is 0 Å². The van der Waals surface area contributed by atoms with Crippen LogP contribution in [0.25, 0.3) is 0 Å². The van der Waals surface area contributed by atoms with Crippen LogP contribution in [0.4, 0.5) is 11.4 Å². The Hall–Kier alpha value is -3.50. The fourth-order valence-electron chi connectivity index (χ4n) is 2.78. The second-order valence-corrected chi connectivity index (χ2v) is 8.70. The maximum atomic E-state index is 12.6. The number of anilines is 2. The molecule has 3 rings (SSSR count). The molecule has 1 aliphatic heterocycles. The van der Waals surface area contributed by atoms with Crippen molar-refractivity contribution in [3.8, 4) is 0 Å². The van der Waals surface area contributed by atoms with E-state index in [4.69, 9.17) is 0 Å². The van der Waals surface area contributed by atoms with E-state index < -0.39 is 15.9 Å². The first kappa shape index (κ1) is 22.2. The molecule has 1 aliphatic rings. The molecule has 2 aromatic carbocycles. The number of nitrogens with zero attached hydrogens (tertiary/aromatic N) is 2. The highest BCUT2D eigenvalue weighted by Gasteiger charge is 2.25. The number of amidine groups is 1. The van der Waals surface area contributed by atoms with Crippen molar-refractivity contribution >= 4 is 39.0 Å². The lowest BCUT2D eigenvalue weighted by Crippen LogP contribution is -2.54. The maximum Gasteiger partial charge on any atom is 0.292 e. The molecule has 31 heavy (non-hydrogen) atoms. The lowest BCUT2D eigenvalue weighted by molar-refractivity contribution is -0.118. The quantitative estimate of drug-likeness (QED) is 0.536. The first-order valence-electron chi connectivity index (χ1n) is 9.46. The van der Waals surface area contributed by atoms with E-state index >= 15 is 0 Å². The molecule has 2 amide bonds. The number of carbonyl (C=O) groups excluding carboxylic acids is 2. The molecule has 0 saturated heterocycles. The fraction of sp³-hybridized carbons (Fsp3) is 0.190. The van der Waals surface area contributed by atoms with Gasteiger partial charge in [0.05, 0.1) is 11.4 Å². The average Bonchev–Trinajstić information content (AvgIpc) is 2.74. The van der Waals surface area contributed by atoms with Crippen molar-refractivity contribution in [2.45, 2.75) is 12.7 Å². The van der Waals surface area contributed by atoms with Gasteiger partial charge < -0.3 is 5.32 Å². The molecule has 9 nitrogen and oxygen atoms in total. The Kier molecular flexibility index (Phi) is 6.83. The average molecular weight is 442 g/mol. The van der Waals surface area contributed by atoms with Crippen molar-refractivity contribution < 1.29 is 18.0 Å². The van der Waals surface area contributed by atoms with E-state index in [1.165, 1.54) is 11.1 Å². The number of amides is 2. The molecule has 0 saturated carbocycles. The van der Waals surface area contributed by atoms with E-state index in [9.17, 15) is 18.0 Å². The molecule has 0 aliphatic carbocycles. The Morgan fingerprint density at radius 2 is 1.87 bits per heavy atom. The number of sulfonamides is 1. The molecule has 0 bridgehead atoms. The van der Waals surface area contributed by atoms with Crippen LogP contribution in [0.1, 0.15) is 11.1 Å². The number of aliphatic imine (C=N–C) groups is 1. The Bertz CT molecular complexity index is 1110. The van der Waals surface area contributed by atoms with E-state index in [0.717, 1.165) is 5.56 Å². The molecule has 0 unspecified atom stereocenters. The highest BCUT2D eigenvalue weighted by atomic mass is 32.2. The number of hydrogen-bond acceptors (Lipinski definition) is 6. The van der Waals surface area contributed by atoms with Gasteiger partial charge in [0.25, 0.3) is 11.8 Å². The molecule has 0 atom stereocenters. The standard InChI is InChI=1S/C21H23N5O4S/c1-3-12-23-31(29,30)14-16-6-8-17(9-7-16)24-21(28)20-22-13-19(27)26(25-20)18-10-4-15(2)5-11-18/h3-11,23H,1,12-14H2,2H3,(H,22,25)(H,24,28). The zero-order chi connectivity index (χ0) is 22.4. The topological polar surface area (TPSA) is 120 Å². The van der Waals surface area contributed by atoms with Crippen LogP contribution in [-0.4, -0.2) is 39.2 Å². The maximum absolute atomic E-state index is 12.6. The molecule has 162 valence electrons. The third-order valence-electron chi connectivity index (χ3n) is 4.36. The zero-order valence-electron chi connectivity index (χ0n) is 17.0. The second kappa shape index (κ2) is 9.54. The molecular weight excluding hydrogens is 418 g/mol. The van der Waals surface area contributed by atoms with E-state index in [2.05, 4.69) is 27.0 Å². The van der Waals surface area contributed by atoms with Gasteiger partial charge in [0.1, 0.15) is 6.54 Å². The van der Waals surface area contributed by atoms with E-state index in [0.29, 0.717) is 16.9 Å². The molecular formula is C21H23N5O4S. The number of aryl methyl sites for hydroxylation is 1. The molecule has 1 heterocycles. The minimum absolute atomic E-state index is 0.000421. The third kappa shape index (κ3) is 6.00. The van der Waals surface area contributed by atoms with Gasteiger partial charge in [-0.2, -0.15) is 0 Å². The summed E-state index contributed by atoms with van der Waals surface area (Å²) < 4.78 is 26.3. The number of hydrogen-bond donors (Lipinski definition) is 3. The summed E-state index contributed by atoms with van der Waals surface area (Å²) in [6.45, 7) is 5.42. The van der Waals surface area contributed by atoms with E-state index in [-0.39, 0.29) is 30.6 Å². The van der Waals surface area contributed by atoms with Crippen molar-refractivity contribution in [2.24, 2.45) is 4.99 Å². The van der Waals surface area contributed by atoms with Gasteiger partial charge in [-0.05, 0) is 36.8 Å². The van der Waals surface area contributed by atoms with Crippen LogP contribution in [0.15, 0.2) is 66.2 Å². The minimum atomic E-state index is -3.47. The molecule has 0 radical (unpaired) electrons. The van der Waals surface area contributed by atoms with Crippen LogP contribution in [0, 0.1) is 6.92 Å². The zero-order valence-corrected chi connectivity index (χ0v) is 17.8. The minimum Gasteiger partial charge on any atom is -0.319 e. The van der Waals surface area contributed by atoms with Crippen molar-refractivity contribution in [2.75, 3.05) is 23.4 Å². The highest BCUT2D eigenvalue weighted by Crippen LogP contribution is 2.16. The van der Waals surface area contributed by atoms with Gasteiger partial charge >= 0.3 is 0 Å². The summed E-state index contributed by atoms with van der Waals surface area (Å²) in [5.74, 6) is -0.981. The fourth-order valence-corrected chi connectivity index (χ4v) is 3.88. The van der Waals surface area contributed by atoms with Crippen molar-refractivity contribution in [1.29, 1.82) is 0 Å². The smallest absolute Gasteiger partial charge is 0.292 e. The van der Waals surface area contributed by atoms with Gasteiger partial charge in [-0.1, -0.05) is 35.9 Å². The van der Waals surface area contributed by atoms with Gasteiger partial charge in [0.2, 0.25) is 15.9 Å². The first-order valence-corrected chi connectivity index (χ1v) is 11.1. The molecule has 3 N–H and O–H groups in total. The van der Waals surface area contributed by atoms with Crippen molar-refractivity contribution in [1.82, 2.24) is 10.1 Å². The predicted molar refractivity (Wildman–Crippen MR) is 120 cm³/mol. The monoisotopic (exact) mass is 441 g/mol. The predicted octanol–water partition coefficient (Wildman–Crippen LogP) is 1.49. The van der Waals surface area contributed by atoms with Crippen LogP contribution in [0.2, 0.25) is 0 Å². The number of rotatable bonds is 8. The summed E-state index contributed by atoms with van der Waals surface area (Å²) >= 11 is 0. The van der Waals surface area contributed by atoms with Gasteiger partial charge in [0, 0.05) is 12.2 Å². The van der Waals surface area contributed by atoms with Crippen LogP contribution in [-0.2, 0) is 25.4 Å². The van der Waals surface area contributed by atoms with Crippen LogP contribution in [0.3, 0.4) is 0 Å². The van der Waals surface area contributed by atoms with Crippen molar-refractivity contribution in [3.05, 3.63) is 72.3 Å². The number of nitrogens with one attached hydrogen (secondary N) is 3. The lowest BCUT2D eigenvalue weighted by atomic mass is 10.2. The number of benzene rings is 2. The first-order chi connectivity index (χ1) is 14.8. The van der Waals surface area contributed by atoms with Gasteiger partial charge in [-0.3, -0.25) is 20.0 Å². The summed E-state index contributed by atoms with van der Waals surface area (Å²) in [5.41, 5.74) is 5.43. The summed E-state index contributed by atoms with van der Waals surface area (Å²) in [4.78, 5) is 28.8. The summed E-state index contributed by atoms with van der Waals surface area (Å²) in [7, 11) is -3.47. The molecule has 0 fully saturated rings. The van der Waals surface area contributed by atoms with Crippen LogP contribution >= 0.6 is 0 Å². The third-order valence-corrected chi connectivity index (χ3v) is 5.68. The summed E-state index contributed by atoms with van der Waals surface area (Å²) in [5, 5.41) is 3.97. The Morgan fingerprint density at radius 3 is 2.52 bits per heavy atom.